The van der Waals surface area contributed by atoms with E-state index in [2.05, 4.69) is 0 Å². The number of benzene rings is 2. The monoisotopic (exact) mass is 340 g/mol. The molecule has 0 unspecified atom stereocenters. The van der Waals surface area contributed by atoms with Gasteiger partial charge in [-0.2, -0.15) is 0 Å². The highest BCUT2D eigenvalue weighted by Gasteiger charge is 2.14. The predicted molar refractivity (Wildman–Crippen MR) is 100 cm³/mol. The van der Waals surface area contributed by atoms with Crippen molar-refractivity contribution in [1.29, 1.82) is 0 Å². The van der Waals surface area contributed by atoms with Crippen LogP contribution in [-0.4, -0.2) is 23.8 Å². The topological polar surface area (TPSA) is 55.8 Å². The molecule has 0 heterocycles. The normalized spacial score (nSPS) is 12.0. The molecular formula is C21H24O4. The van der Waals surface area contributed by atoms with Crippen molar-refractivity contribution < 1.29 is 19.4 Å². The zero-order chi connectivity index (χ0) is 18.6. The minimum atomic E-state index is -0.969. The van der Waals surface area contributed by atoms with Crippen LogP contribution in [0.3, 0.4) is 0 Å². The van der Waals surface area contributed by atoms with E-state index in [1.165, 1.54) is 0 Å². The first-order valence-electron chi connectivity index (χ1n) is 8.09. The zero-order valence-corrected chi connectivity index (χ0v) is 15.3. The van der Waals surface area contributed by atoms with Gasteiger partial charge in [-0.1, -0.05) is 18.2 Å². The molecule has 4 nitrogen and oxygen atoms in total. The summed E-state index contributed by atoms with van der Waals surface area (Å²) in [5, 5.41) is 9.62. The van der Waals surface area contributed by atoms with E-state index in [1.54, 1.807) is 25.3 Å². The molecule has 2 aromatic rings. The second kappa shape index (κ2) is 7.43. The highest BCUT2D eigenvalue weighted by Crippen LogP contribution is 2.26. The first kappa shape index (κ1) is 18.6. The lowest BCUT2D eigenvalue weighted by Gasteiger charge is -2.21. The zero-order valence-electron chi connectivity index (χ0n) is 15.3. The van der Waals surface area contributed by atoms with Crippen LogP contribution in [0.15, 0.2) is 42.5 Å². The van der Waals surface area contributed by atoms with Crippen molar-refractivity contribution in [1.82, 2.24) is 0 Å². The molecule has 0 aliphatic heterocycles. The molecule has 25 heavy (non-hydrogen) atoms. The van der Waals surface area contributed by atoms with E-state index in [4.69, 9.17) is 9.47 Å². The number of methoxy groups -OCH3 is 1. The van der Waals surface area contributed by atoms with Gasteiger partial charge >= 0.3 is 5.97 Å². The van der Waals surface area contributed by atoms with Crippen LogP contribution in [0.25, 0.3) is 11.6 Å². The second-order valence-corrected chi connectivity index (χ2v) is 6.83. The quantitative estimate of drug-likeness (QED) is 0.627. The van der Waals surface area contributed by atoms with Gasteiger partial charge in [0, 0.05) is 0 Å². The van der Waals surface area contributed by atoms with E-state index in [9.17, 15) is 9.90 Å². The Morgan fingerprint density at radius 2 is 1.64 bits per heavy atom. The van der Waals surface area contributed by atoms with Crippen LogP contribution in [0, 0.1) is 6.92 Å². The fraction of sp³-hybridized carbons (Fsp3) is 0.286. The summed E-state index contributed by atoms with van der Waals surface area (Å²) in [4.78, 5) is 11.7. The van der Waals surface area contributed by atoms with E-state index in [-0.39, 0.29) is 11.2 Å². The summed E-state index contributed by atoms with van der Waals surface area (Å²) in [6, 6.07) is 12.7. The van der Waals surface area contributed by atoms with Gasteiger partial charge in [0.05, 0.1) is 12.7 Å². The Balaban J connectivity index is 2.36. The molecule has 4 heteroatoms. The van der Waals surface area contributed by atoms with Gasteiger partial charge in [0.15, 0.2) is 0 Å². The number of carboxylic acids is 1. The van der Waals surface area contributed by atoms with Gasteiger partial charge in [-0.25, -0.2) is 4.79 Å². The largest absolute Gasteiger partial charge is 0.497 e. The molecule has 132 valence electrons. The van der Waals surface area contributed by atoms with Crippen molar-refractivity contribution >= 4 is 17.6 Å². The Morgan fingerprint density at radius 1 is 1.04 bits per heavy atom. The molecule has 0 spiro atoms. The lowest BCUT2D eigenvalue weighted by molar-refractivity contribution is -0.130. The molecule has 0 amide bonds. The molecule has 2 rings (SSSR count). The number of ether oxygens (including phenoxy) is 2. The number of aliphatic carboxylic acids is 1. The highest BCUT2D eigenvalue weighted by atomic mass is 16.5. The Hall–Kier alpha value is -2.75. The van der Waals surface area contributed by atoms with Gasteiger partial charge in [-0.05, 0) is 74.7 Å². The van der Waals surface area contributed by atoms with Crippen molar-refractivity contribution in [2.45, 2.75) is 33.3 Å². The van der Waals surface area contributed by atoms with Gasteiger partial charge in [-0.15, -0.1) is 0 Å². The van der Waals surface area contributed by atoms with Gasteiger partial charge in [-0.3, -0.25) is 0 Å². The van der Waals surface area contributed by atoms with E-state index in [1.807, 2.05) is 58.0 Å². The number of carbonyl (C=O) groups is 1. The van der Waals surface area contributed by atoms with Crippen molar-refractivity contribution in [3.05, 3.63) is 59.2 Å². The molecule has 0 aromatic heterocycles. The molecule has 0 fully saturated rings. The smallest absolute Gasteiger partial charge is 0.336 e. The van der Waals surface area contributed by atoms with Crippen molar-refractivity contribution in [3.8, 4) is 11.5 Å². The molecule has 0 saturated heterocycles. The number of rotatable bonds is 5. The average Bonchev–Trinajstić information content (AvgIpc) is 2.53. The van der Waals surface area contributed by atoms with Crippen LogP contribution in [0.5, 0.6) is 11.5 Å². The van der Waals surface area contributed by atoms with Gasteiger partial charge in [0.25, 0.3) is 0 Å². The molecular weight excluding hydrogens is 316 g/mol. The van der Waals surface area contributed by atoms with Crippen LogP contribution in [-0.2, 0) is 4.79 Å². The number of aryl methyl sites for hydroxylation is 1. The first-order chi connectivity index (χ1) is 11.7. The maximum Gasteiger partial charge on any atom is 0.336 e. The number of carboxylic acid groups (broad SMARTS) is 1. The van der Waals surface area contributed by atoms with Crippen LogP contribution in [0.1, 0.15) is 37.5 Å². The Morgan fingerprint density at radius 3 is 2.12 bits per heavy atom. The van der Waals surface area contributed by atoms with E-state index < -0.39 is 5.97 Å². The van der Waals surface area contributed by atoms with Crippen LogP contribution >= 0.6 is 0 Å². The van der Waals surface area contributed by atoms with E-state index in [0.717, 1.165) is 16.9 Å². The Kier molecular flexibility index (Phi) is 5.52. The summed E-state index contributed by atoms with van der Waals surface area (Å²) in [5.41, 5.74) is 2.28. The fourth-order valence-electron chi connectivity index (χ4n) is 2.47. The molecule has 0 aliphatic rings. The third-order valence-electron chi connectivity index (χ3n) is 3.57. The average molecular weight is 340 g/mol. The maximum atomic E-state index is 11.7. The van der Waals surface area contributed by atoms with Crippen LogP contribution in [0.4, 0.5) is 0 Å². The summed E-state index contributed by atoms with van der Waals surface area (Å²) in [7, 11) is 1.59. The molecule has 2 aromatic carbocycles. The third kappa shape index (κ3) is 5.11. The van der Waals surface area contributed by atoms with Gasteiger partial charge < -0.3 is 14.6 Å². The van der Waals surface area contributed by atoms with E-state index in [0.29, 0.717) is 11.3 Å². The van der Waals surface area contributed by atoms with E-state index >= 15 is 0 Å². The Bertz CT molecular complexity index is 781. The van der Waals surface area contributed by atoms with Crippen LogP contribution in [0.2, 0.25) is 0 Å². The Labute approximate surface area is 148 Å². The summed E-state index contributed by atoms with van der Waals surface area (Å²) >= 11 is 0. The lowest BCUT2D eigenvalue weighted by Crippen LogP contribution is -2.22. The molecule has 0 radical (unpaired) electrons. The molecule has 1 N–H and O–H groups in total. The second-order valence-electron chi connectivity index (χ2n) is 6.83. The highest BCUT2D eigenvalue weighted by molar-refractivity contribution is 6.21. The van der Waals surface area contributed by atoms with Gasteiger partial charge in [0.1, 0.15) is 17.1 Å². The van der Waals surface area contributed by atoms with Crippen molar-refractivity contribution in [2.24, 2.45) is 0 Å². The predicted octanol–water partition coefficient (Wildman–Crippen LogP) is 4.81. The molecule has 0 saturated carbocycles. The summed E-state index contributed by atoms with van der Waals surface area (Å²) in [6.45, 7) is 7.82. The van der Waals surface area contributed by atoms with Gasteiger partial charge in [0.2, 0.25) is 0 Å². The van der Waals surface area contributed by atoms with Crippen LogP contribution < -0.4 is 9.47 Å². The minimum absolute atomic E-state index is 0.240. The summed E-state index contributed by atoms with van der Waals surface area (Å²) in [6.07, 6.45) is 1.66. The fourth-order valence-corrected chi connectivity index (χ4v) is 2.47. The van der Waals surface area contributed by atoms with Crippen molar-refractivity contribution in [3.63, 3.8) is 0 Å². The molecule has 0 aliphatic carbocycles. The van der Waals surface area contributed by atoms with Crippen molar-refractivity contribution in [2.75, 3.05) is 7.11 Å². The maximum absolute atomic E-state index is 11.7. The number of hydrogen-bond acceptors (Lipinski definition) is 3. The standard InChI is InChI=1S/C21H24O4/c1-14-12-17(24-5)10-11-18(14)19(20(22)23)13-15-6-8-16(9-7-15)25-21(2,3)4/h6-13H,1-5H3,(H,22,23)/b19-13-. The third-order valence-corrected chi connectivity index (χ3v) is 3.57. The lowest BCUT2D eigenvalue weighted by atomic mass is 9.98. The number of hydrogen-bond donors (Lipinski definition) is 1. The summed E-state index contributed by atoms with van der Waals surface area (Å²) in [5.74, 6) is 0.486. The SMILES string of the molecule is COc1ccc(/C(=C/c2ccc(OC(C)(C)C)cc2)C(=O)O)c(C)c1. The molecule has 0 bridgehead atoms. The molecule has 0 atom stereocenters. The minimum Gasteiger partial charge on any atom is -0.497 e. The summed E-state index contributed by atoms with van der Waals surface area (Å²) < 4.78 is 11.0. The first-order valence-corrected chi connectivity index (χ1v) is 8.09.